The van der Waals surface area contributed by atoms with Crippen molar-refractivity contribution in [3.05, 3.63) is 0 Å². The maximum absolute atomic E-state index is 3.41. The van der Waals surface area contributed by atoms with Gasteiger partial charge in [0.05, 0.1) is 0 Å². The lowest BCUT2D eigenvalue weighted by atomic mass is 9.84. The third-order valence-corrected chi connectivity index (χ3v) is 4.59. The summed E-state index contributed by atoms with van der Waals surface area (Å²) in [6.45, 7) is 4.93. The monoisotopic (exact) mass is 194 g/mol. The molecule has 0 amide bonds. The number of hydrogen-bond donors (Lipinski definition) is 1. The van der Waals surface area contributed by atoms with Crippen molar-refractivity contribution in [1.29, 1.82) is 0 Å². The smallest absolute Gasteiger partial charge is 0.0351 e. The van der Waals surface area contributed by atoms with E-state index in [1.165, 1.54) is 45.2 Å². The lowest BCUT2D eigenvalue weighted by molar-refractivity contribution is 0.0731. The van der Waals surface area contributed by atoms with Crippen molar-refractivity contribution in [2.45, 2.75) is 57.2 Å². The van der Waals surface area contributed by atoms with Crippen LogP contribution in [0.15, 0.2) is 0 Å². The summed E-state index contributed by atoms with van der Waals surface area (Å²) in [4.78, 5) is 2.85. The van der Waals surface area contributed by atoms with E-state index in [1.807, 2.05) is 0 Å². The molecule has 0 aromatic carbocycles. The van der Waals surface area contributed by atoms with E-state index in [0.717, 1.165) is 24.0 Å². The lowest BCUT2D eigenvalue weighted by Gasteiger charge is -2.43. The van der Waals surface area contributed by atoms with E-state index in [4.69, 9.17) is 0 Å². The predicted octanol–water partition coefficient (Wildman–Crippen LogP) is 1.61. The molecule has 0 spiro atoms. The highest BCUT2D eigenvalue weighted by molar-refractivity contribution is 5.00. The standard InChI is InChI=1S/C12H22N2/c1-9-6-10-4-2-3-5-12(10)14(9)11-7-13-8-11/h9-13H,2-8H2,1H3. The second-order valence-electron chi connectivity index (χ2n) is 5.46. The highest BCUT2D eigenvalue weighted by atomic mass is 15.3. The molecular weight excluding hydrogens is 172 g/mol. The van der Waals surface area contributed by atoms with Gasteiger partial charge < -0.3 is 5.32 Å². The van der Waals surface area contributed by atoms with Crippen LogP contribution in [0.3, 0.4) is 0 Å². The van der Waals surface area contributed by atoms with Gasteiger partial charge in [-0.2, -0.15) is 0 Å². The van der Waals surface area contributed by atoms with Crippen molar-refractivity contribution in [2.24, 2.45) is 5.92 Å². The van der Waals surface area contributed by atoms with Crippen LogP contribution in [0.5, 0.6) is 0 Å². The van der Waals surface area contributed by atoms with Gasteiger partial charge in [-0.25, -0.2) is 0 Å². The maximum Gasteiger partial charge on any atom is 0.0351 e. The minimum Gasteiger partial charge on any atom is -0.314 e. The first-order chi connectivity index (χ1) is 6.86. The second kappa shape index (κ2) is 3.49. The molecule has 80 valence electrons. The molecule has 3 aliphatic rings. The van der Waals surface area contributed by atoms with Crippen LogP contribution in [0.1, 0.15) is 39.0 Å². The van der Waals surface area contributed by atoms with E-state index in [9.17, 15) is 0 Å². The van der Waals surface area contributed by atoms with Crippen molar-refractivity contribution in [2.75, 3.05) is 13.1 Å². The Morgan fingerprint density at radius 3 is 2.64 bits per heavy atom. The molecule has 3 fully saturated rings. The fraction of sp³-hybridized carbons (Fsp3) is 1.00. The summed E-state index contributed by atoms with van der Waals surface area (Å²) < 4.78 is 0. The van der Waals surface area contributed by atoms with Crippen LogP contribution in [-0.4, -0.2) is 36.1 Å². The lowest BCUT2D eigenvalue weighted by Crippen LogP contribution is -2.60. The molecule has 2 saturated heterocycles. The highest BCUT2D eigenvalue weighted by Crippen LogP contribution is 2.40. The zero-order valence-electron chi connectivity index (χ0n) is 9.21. The van der Waals surface area contributed by atoms with Gasteiger partial charge in [-0.05, 0) is 32.1 Å². The summed E-state index contributed by atoms with van der Waals surface area (Å²) in [5.74, 6) is 1.04. The number of nitrogens with zero attached hydrogens (tertiary/aromatic N) is 1. The van der Waals surface area contributed by atoms with Gasteiger partial charge in [-0.3, -0.25) is 4.90 Å². The van der Waals surface area contributed by atoms with Gasteiger partial charge in [0.25, 0.3) is 0 Å². The minimum absolute atomic E-state index is 0.857. The van der Waals surface area contributed by atoms with E-state index in [2.05, 4.69) is 17.1 Å². The van der Waals surface area contributed by atoms with Crippen LogP contribution >= 0.6 is 0 Å². The Hall–Kier alpha value is -0.0800. The Morgan fingerprint density at radius 2 is 1.93 bits per heavy atom. The van der Waals surface area contributed by atoms with Crippen LogP contribution < -0.4 is 5.32 Å². The molecular formula is C12H22N2. The number of hydrogen-bond acceptors (Lipinski definition) is 2. The Bertz CT molecular complexity index is 212. The molecule has 3 rings (SSSR count). The van der Waals surface area contributed by atoms with Crippen molar-refractivity contribution in [1.82, 2.24) is 10.2 Å². The minimum atomic E-state index is 0.857. The normalized spacial score (nSPS) is 44.8. The summed E-state index contributed by atoms with van der Waals surface area (Å²) in [6.07, 6.45) is 7.42. The summed E-state index contributed by atoms with van der Waals surface area (Å²) in [6, 6.07) is 2.68. The zero-order valence-corrected chi connectivity index (χ0v) is 9.21. The average molecular weight is 194 g/mol. The third kappa shape index (κ3) is 1.31. The Kier molecular flexibility index (Phi) is 2.29. The van der Waals surface area contributed by atoms with Crippen LogP contribution in [0.25, 0.3) is 0 Å². The van der Waals surface area contributed by atoms with Gasteiger partial charge in [0.1, 0.15) is 0 Å². The molecule has 1 aliphatic carbocycles. The van der Waals surface area contributed by atoms with E-state index >= 15 is 0 Å². The summed E-state index contributed by atoms with van der Waals surface area (Å²) >= 11 is 0. The molecule has 1 saturated carbocycles. The van der Waals surface area contributed by atoms with Gasteiger partial charge >= 0.3 is 0 Å². The molecule has 0 aromatic rings. The van der Waals surface area contributed by atoms with Gasteiger partial charge in [0, 0.05) is 31.2 Å². The van der Waals surface area contributed by atoms with E-state index < -0.39 is 0 Å². The molecule has 2 heteroatoms. The molecule has 0 aromatic heterocycles. The second-order valence-corrected chi connectivity index (χ2v) is 5.46. The van der Waals surface area contributed by atoms with Crippen LogP contribution in [0, 0.1) is 5.92 Å². The zero-order chi connectivity index (χ0) is 9.54. The quantitative estimate of drug-likeness (QED) is 0.682. The number of nitrogens with one attached hydrogen (secondary N) is 1. The summed E-state index contributed by atoms with van der Waals surface area (Å²) in [5, 5.41) is 3.41. The first-order valence-corrected chi connectivity index (χ1v) is 6.34. The van der Waals surface area contributed by atoms with E-state index in [0.29, 0.717) is 0 Å². The molecule has 3 unspecified atom stereocenters. The Balaban J connectivity index is 1.74. The Labute approximate surface area is 87.0 Å². The predicted molar refractivity (Wildman–Crippen MR) is 58.3 cm³/mol. The van der Waals surface area contributed by atoms with E-state index in [1.54, 1.807) is 0 Å². The fourth-order valence-corrected chi connectivity index (χ4v) is 3.86. The first kappa shape index (κ1) is 9.17. The van der Waals surface area contributed by atoms with Crippen LogP contribution in [0.4, 0.5) is 0 Å². The molecule has 0 radical (unpaired) electrons. The van der Waals surface area contributed by atoms with Crippen LogP contribution in [-0.2, 0) is 0 Å². The van der Waals surface area contributed by atoms with Gasteiger partial charge in [-0.1, -0.05) is 12.8 Å². The van der Waals surface area contributed by atoms with Crippen molar-refractivity contribution < 1.29 is 0 Å². The molecule has 2 heterocycles. The fourth-order valence-electron chi connectivity index (χ4n) is 3.86. The topological polar surface area (TPSA) is 15.3 Å². The number of fused-ring (bicyclic) bond motifs is 1. The van der Waals surface area contributed by atoms with Gasteiger partial charge in [0.2, 0.25) is 0 Å². The molecule has 2 nitrogen and oxygen atoms in total. The van der Waals surface area contributed by atoms with Gasteiger partial charge in [0.15, 0.2) is 0 Å². The third-order valence-electron chi connectivity index (χ3n) is 4.59. The van der Waals surface area contributed by atoms with Gasteiger partial charge in [-0.15, -0.1) is 0 Å². The summed E-state index contributed by atoms with van der Waals surface area (Å²) in [7, 11) is 0. The molecule has 1 N–H and O–H groups in total. The molecule has 0 bridgehead atoms. The average Bonchev–Trinajstić information content (AvgIpc) is 2.41. The van der Waals surface area contributed by atoms with Crippen LogP contribution in [0.2, 0.25) is 0 Å². The van der Waals surface area contributed by atoms with Crippen molar-refractivity contribution >= 4 is 0 Å². The number of rotatable bonds is 1. The highest BCUT2D eigenvalue weighted by Gasteiger charge is 2.44. The largest absolute Gasteiger partial charge is 0.314 e. The molecule has 2 aliphatic heterocycles. The Morgan fingerprint density at radius 1 is 1.14 bits per heavy atom. The van der Waals surface area contributed by atoms with Crippen molar-refractivity contribution in [3.8, 4) is 0 Å². The maximum atomic E-state index is 3.41. The van der Waals surface area contributed by atoms with E-state index in [-0.39, 0.29) is 0 Å². The van der Waals surface area contributed by atoms with Crippen molar-refractivity contribution in [3.63, 3.8) is 0 Å². The summed E-state index contributed by atoms with van der Waals surface area (Å²) in [5.41, 5.74) is 0. The molecule has 14 heavy (non-hydrogen) atoms. The SMILES string of the molecule is CC1CC2CCCCC2N1C1CNC1. The molecule has 3 atom stereocenters. The number of likely N-dealkylation sites (tertiary alicyclic amines) is 1. The first-order valence-electron chi connectivity index (χ1n) is 6.34.